The summed E-state index contributed by atoms with van der Waals surface area (Å²) in [5.41, 5.74) is 2.00. The van der Waals surface area contributed by atoms with Crippen molar-refractivity contribution in [3.63, 3.8) is 0 Å². The number of rotatable bonds is 6. The lowest BCUT2D eigenvalue weighted by atomic mass is 10.0. The summed E-state index contributed by atoms with van der Waals surface area (Å²) < 4.78 is 43.6. The molecule has 0 fully saturated rings. The molecular weight excluding hydrogens is 395 g/mol. The van der Waals surface area contributed by atoms with Crippen molar-refractivity contribution in [2.45, 2.75) is 19.1 Å². The first-order valence-electron chi connectivity index (χ1n) is 9.30. The van der Waals surface area contributed by atoms with Crippen LogP contribution in [0.5, 0.6) is 0 Å². The van der Waals surface area contributed by atoms with Crippen LogP contribution in [0.25, 0.3) is 11.3 Å². The number of carbonyl (C=O) groups excluding carboxylic acids is 1. The fourth-order valence-electron chi connectivity index (χ4n) is 3.01. The Labute approximate surface area is 172 Å². The molecule has 8 heteroatoms. The van der Waals surface area contributed by atoms with Crippen LogP contribution in [0.2, 0.25) is 0 Å². The normalized spacial score (nSPS) is 12.8. The zero-order valence-corrected chi connectivity index (χ0v) is 16.8. The molecule has 0 aliphatic carbocycles. The van der Waals surface area contributed by atoms with Crippen LogP contribution in [0, 0.1) is 6.92 Å². The molecule has 1 heterocycles. The molecule has 0 saturated heterocycles. The lowest BCUT2D eigenvalue weighted by Crippen LogP contribution is -2.34. The summed E-state index contributed by atoms with van der Waals surface area (Å²) in [6.45, 7) is 2.17. The average Bonchev–Trinajstić information content (AvgIpc) is 3.18. The van der Waals surface area contributed by atoms with Crippen LogP contribution in [0.3, 0.4) is 0 Å². The van der Waals surface area contributed by atoms with E-state index in [2.05, 4.69) is 10.5 Å². The topological polar surface area (TPSA) is 58.4 Å². The van der Waals surface area contributed by atoms with Crippen molar-refractivity contribution in [2.24, 2.45) is 0 Å². The molecule has 5 nitrogen and oxygen atoms in total. The molecule has 0 bridgehead atoms. The van der Waals surface area contributed by atoms with Gasteiger partial charge in [-0.15, -0.1) is 0 Å². The predicted molar refractivity (Wildman–Crippen MR) is 107 cm³/mol. The molecule has 0 aliphatic heterocycles. The third-order valence-electron chi connectivity index (χ3n) is 4.78. The highest BCUT2D eigenvalue weighted by Gasteiger charge is 2.30. The van der Waals surface area contributed by atoms with E-state index in [1.165, 1.54) is 12.1 Å². The van der Waals surface area contributed by atoms with Crippen molar-refractivity contribution in [3.8, 4) is 11.3 Å². The Morgan fingerprint density at radius 1 is 1.10 bits per heavy atom. The summed E-state index contributed by atoms with van der Waals surface area (Å²) >= 11 is 0. The maximum atomic E-state index is 12.8. The van der Waals surface area contributed by atoms with Gasteiger partial charge in [0.15, 0.2) is 11.5 Å². The number of aryl methyl sites for hydroxylation is 1. The second kappa shape index (κ2) is 8.71. The number of likely N-dealkylation sites (N-methyl/N-ethyl adjacent to an activating group) is 1. The molecule has 3 aromatic rings. The van der Waals surface area contributed by atoms with E-state index in [1.54, 1.807) is 20.2 Å². The summed E-state index contributed by atoms with van der Waals surface area (Å²) in [6.07, 6.45) is -4.39. The van der Waals surface area contributed by atoms with Gasteiger partial charge in [0.05, 0.1) is 11.6 Å². The van der Waals surface area contributed by atoms with E-state index in [9.17, 15) is 18.0 Å². The monoisotopic (exact) mass is 417 g/mol. The minimum absolute atomic E-state index is 0.135. The van der Waals surface area contributed by atoms with E-state index >= 15 is 0 Å². The zero-order valence-electron chi connectivity index (χ0n) is 16.8. The standard InChI is InChI=1S/C22H22F3N3O2/c1-14-4-6-16(7-5-14)20-12-18(27-30-20)21(29)26-13-19(28(2)3)15-8-10-17(11-9-15)22(23,24)25/h4-12,19H,13H2,1-3H3,(H,26,29). The molecule has 0 aliphatic rings. The zero-order chi connectivity index (χ0) is 21.9. The first-order valence-corrected chi connectivity index (χ1v) is 9.30. The molecule has 158 valence electrons. The summed E-state index contributed by atoms with van der Waals surface area (Å²) in [5.74, 6) is 0.0583. The molecule has 1 aromatic heterocycles. The second-order valence-electron chi connectivity index (χ2n) is 7.25. The fourth-order valence-corrected chi connectivity index (χ4v) is 3.01. The van der Waals surface area contributed by atoms with Crippen molar-refractivity contribution in [1.29, 1.82) is 0 Å². The number of hydrogen-bond donors (Lipinski definition) is 1. The number of aromatic nitrogens is 1. The number of alkyl halides is 3. The molecule has 0 saturated carbocycles. The lowest BCUT2D eigenvalue weighted by Gasteiger charge is -2.25. The number of nitrogens with one attached hydrogen (secondary N) is 1. The van der Waals surface area contributed by atoms with Crippen molar-refractivity contribution < 1.29 is 22.5 Å². The second-order valence-corrected chi connectivity index (χ2v) is 7.25. The van der Waals surface area contributed by atoms with E-state index < -0.39 is 17.6 Å². The third kappa shape index (κ3) is 5.07. The maximum Gasteiger partial charge on any atom is 0.416 e. The van der Waals surface area contributed by atoms with Gasteiger partial charge in [-0.05, 0) is 38.7 Å². The summed E-state index contributed by atoms with van der Waals surface area (Å²) in [7, 11) is 3.58. The Bertz CT molecular complexity index is 994. The van der Waals surface area contributed by atoms with Gasteiger partial charge in [-0.3, -0.25) is 4.79 Å². The average molecular weight is 417 g/mol. The first kappa shape index (κ1) is 21.6. The lowest BCUT2D eigenvalue weighted by molar-refractivity contribution is -0.137. The molecule has 1 atom stereocenters. The number of nitrogens with zero attached hydrogens (tertiary/aromatic N) is 2. The van der Waals surface area contributed by atoms with Crippen LogP contribution in [-0.4, -0.2) is 36.6 Å². The van der Waals surface area contributed by atoms with Gasteiger partial charge in [0, 0.05) is 18.2 Å². The largest absolute Gasteiger partial charge is 0.416 e. The molecule has 1 unspecified atom stereocenters. The maximum absolute atomic E-state index is 12.8. The van der Waals surface area contributed by atoms with E-state index in [1.807, 2.05) is 36.1 Å². The fraction of sp³-hybridized carbons (Fsp3) is 0.273. The summed E-state index contributed by atoms with van der Waals surface area (Å²) in [5, 5.41) is 6.60. The van der Waals surface area contributed by atoms with Crippen molar-refractivity contribution >= 4 is 5.91 Å². The van der Waals surface area contributed by atoms with Crippen LogP contribution in [0.15, 0.2) is 59.1 Å². The predicted octanol–water partition coefficient (Wildman–Crippen LogP) is 4.70. The Morgan fingerprint density at radius 3 is 2.30 bits per heavy atom. The Balaban J connectivity index is 1.68. The van der Waals surface area contributed by atoms with Gasteiger partial charge < -0.3 is 14.7 Å². The third-order valence-corrected chi connectivity index (χ3v) is 4.78. The van der Waals surface area contributed by atoms with E-state index in [4.69, 9.17) is 4.52 Å². The first-order chi connectivity index (χ1) is 14.1. The van der Waals surface area contributed by atoms with Crippen LogP contribution in [0.4, 0.5) is 13.2 Å². The van der Waals surface area contributed by atoms with Gasteiger partial charge in [-0.25, -0.2) is 0 Å². The molecular formula is C22H22F3N3O2. The number of hydrogen-bond acceptors (Lipinski definition) is 4. The number of benzene rings is 2. The van der Waals surface area contributed by atoms with Gasteiger partial charge in [0.2, 0.25) is 0 Å². The van der Waals surface area contributed by atoms with Gasteiger partial charge >= 0.3 is 6.18 Å². The van der Waals surface area contributed by atoms with Crippen LogP contribution >= 0.6 is 0 Å². The molecule has 3 rings (SSSR count). The molecule has 0 spiro atoms. The number of carbonyl (C=O) groups is 1. The van der Waals surface area contributed by atoms with Crippen LogP contribution < -0.4 is 5.32 Å². The Kier molecular flexibility index (Phi) is 6.26. The number of halogens is 3. The van der Waals surface area contributed by atoms with E-state index in [0.717, 1.165) is 23.3 Å². The van der Waals surface area contributed by atoms with E-state index in [0.29, 0.717) is 11.3 Å². The van der Waals surface area contributed by atoms with E-state index in [-0.39, 0.29) is 18.3 Å². The summed E-state index contributed by atoms with van der Waals surface area (Å²) in [6, 6.07) is 13.8. The Morgan fingerprint density at radius 2 is 1.73 bits per heavy atom. The van der Waals surface area contributed by atoms with Crippen LogP contribution in [-0.2, 0) is 6.18 Å². The van der Waals surface area contributed by atoms with Gasteiger partial charge in [-0.2, -0.15) is 13.2 Å². The molecule has 2 aromatic carbocycles. The highest BCUT2D eigenvalue weighted by Crippen LogP contribution is 2.30. The number of amides is 1. The smallest absolute Gasteiger partial charge is 0.355 e. The minimum Gasteiger partial charge on any atom is -0.355 e. The van der Waals surface area contributed by atoms with Crippen LogP contribution in [0.1, 0.15) is 33.2 Å². The van der Waals surface area contributed by atoms with Crippen molar-refractivity contribution in [2.75, 3.05) is 20.6 Å². The highest BCUT2D eigenvalue weighted by atomic mass is 19.4. The molecule has 1 amide bonds. The van der Waals surface area contributed by atoms with Gasteiger partial charge in [0.25, 0.3) is 5.91 Å². The Hall–Kier alpha value is -3.13. The SMILES string of the molecule is Cc1ccc(-c2cc(C(=O)NCC(c3ccc(C(F)(F)F)cc3)N(C)C)no2)cc1. The summed E-state index contributed by atoms with van der Waals surface area (Å²) in [4.78, 5) is 14.3. The quantitative estimate of drug-likeness (QED) is 0.632. The minimum atomic E-state index is -4.39. The molecule has 1 N–H and O–H groups in total. The van der Waals surface area contributed by atoms with Crippen molar-refractivity contribution in [1.82, 2.24) is 15.4 Å². The van der Waals surface area contributed by atoms with Gasteiger partial charge in [-0.1, -0.05) is 47.1 Å². The molecule has 30 heavy (non-hydrogen) atoms. The van der Waals surface area contributed by atoms with Crippen molar-refractivity contribution in [3.05, 3.63) is 77.0 Å². The van der Waals surface area contributed by atoms with Gasteiger partial charge in [0.1, 0.15) is 0 Å². The molecule has 0 radical (unpaired) electrons. The highest BCUT2D eigenvalue weighted by molar-refractivity contribution is 5.93.